The predicted octanol–water partition coefficient (Wildman–Crippen LogP) is 2.72. The molecule has 0 unspecified atom stereocenters. The Kier molecular flexibility index (Phi) is 5.94. The Morgan fingerprint density at radius 3 is 2.78 bits per heavy atom. The lowest BCUT2D eigenvalue weighted by Crippen LogP contribution is -2.42. The van der Waals surface area contributed by atoms with Crippen LogP contribution in [0.1, 0.15) is 16.8 Å². The van der Waals surface area contributed by atoms with Gasteiger partial charge in [-0.1, -0.05) is 29.3 Å². The summed E-state index contributed by atoms with van der Waals surface area (Å²) in [5.74, 6) is -1.61. The first-order valence-electron chi connectivity index (χ1n) is 7.60. The van der Waals surface area contributed by atoms with Gasteiger partial charge >= 0.3 is 5.76 Å². The lowest BCUT2D eigenvalue weighted by molar-refractivity contribution is -0.122. The van der Waals surface area contributed by atoms with Crippen molar-refractivity contribution in [3.8, 4) is 10.8 Å². The zero-order valence-corrected chi connectivity index (χ0v) is 15.9. The van der Waals surface area contributed by atoms with E-state index in [1.807, 2.05) is 5.38 Å². The number of nitrogens with one attached hydrogen (secondary N) is 2. The van der Waals surface area contributed by atoms with Crippen LogP contribution in [0.15, 0.2) is 44.9 Å². The average molecular weight is 427 g/mol. The van der Waals surface area contributed by atoms with E-state index >= 15 is 0 Å². The Hall–Kier alpha value is -2.62. The van der Waals surface area contributed by atoms with Gasteiger partial charge in [-0.15, -0.1) is 16.4 Å². The Balaban J connectivity index is 1.54. The summed E-state index contributed by atoms with van der Waals surface area (Å²) in [6.45, 7) is -0.00661. The van der Waals surface area contributed by atoms with E-state index in [2.05, 4.69) is 16.0 Å². The molecule has 0 saturated heterocycles. The quantitative estimate of drug-likeness (QED) is 0.609. The molecule has 0 aliphatic heterocycles. The third-order valence-corrected chi connectivity index (χ3v) is 4.80. The summed E-state index contributed by atoms with van der Waals surface area (Å²) < 4.78 is 6.10. The molecule has 27 heavy (non-hydrogen) atoms. The van der Waals surface area contributed by atoms with Crippen LogP contribution in [-0.2, 0) is 11.3 Å². The van der Waals surface area contributed by atoms with Crippen molar-refractivity contribution in [2.75, 3.05) is 0 Å². The number of rotatable bonds is 5. The zero-order chi connectivity index (χ0) is 19.4. The molecule has 0 aliphatic rings. The molecule has 2 heterocycles. The largest absolute Gasteiger partial charge is 0.437 e. The number of aryl methyl sites for hydroxylation is 1. The van der Waals surface area contributed by atoms with Crippen LogP contribution in [0.25, 0.3) is 10.8 Å². The van der Waals surface area contributed by atoms with Crippen LogP contribution in [-0.4, -0.2) is 21.6 Å². The summed E-state index contributed by atoms with van der Waals surface area (Å²) >= 11 is 13.1. The molecular formula is C16H12Cl2N4O4S. The van der Waals surface area contributed by atoms with Crippen LogP contribution in [0.5, 0.6) is 0 Å². The Morgan fingerprint density at radius 2 is 2.04 bits per heavy atom. The van der Waals surface area contributed by atoms with Crippen LogP contribution in [0, 0.1) is 0 Å². The van der Waals surface area contributed by atoms with Crippen molar-refractivity contribution in [3.05, 3.63) is 61.9 Å². The number of aromatic nitrogens is 2. The fraction of sp³-hybridized carbons (Fsp3) is 0.125. The molecule has 11 heteroatoms. The number of amides is 2. The molecule has 3 rings (SSSR count). The van der Waals surface area contributed by atoms with E-state index in [9.17, 15) is 14.4 Å². The van der Waals surface area contributed by atoms with E-state index < -0.39 is 17.6 Å². The van der Waals surface area contributed by atoms with Crippen molar-refractivity contribution in [1.29, 1.82) is 0 Å². The molecule has 1 aromatic carbocycles. The lowest BCUT2D eigenvalue weighted by Gasteiger charge is -2.08. The first-order chi connectivity index (χ1) is 12.9. The van der Waals surface area contributed by atoms with E-state index in [1.165, 1.54) is 23.5 Å². The number of carbonyl (C=O) groups is 2. The Bertz CT molecular complexity index is 1030. The summed E-state index contributed by atoms with van der Waals surface area (Å²) in [7, 11) is 0. The second kappa shape index (κ2) is 8.38. The highest BCUT2D eigenvalue weighted by molar-refractivity contribution is 7.13. The number of hydrazine groups is 1. The van der Waals surface area contributed by atoms with Crippen molar-refractivity contribution in [2.24, 2.45) is 0 Å². The van der Waals surface area contributed by atoms with Crippen LogP contribution < -0.4 is 16.6 Å². The summed E-state index contributed by atoms with van der Waals surface area (Å²) in [5, 5.41) is 6.40. The molecule has 2 aromatic heterocycles. The summed E-state index contributed by atoms with van der Waals surface area (Å²) in [4.78, 5) is 36.4. The first-order valence-corrected chi connectivity index (χ1v) is 9.23. The highest BCUT2D eigenvalue weighted by Crippen LogP contribution is 2.21. The number of hydrogen-bond donors (Lipinski definition) is 2. The van der Waals surface area contributed by atoms with Crippen LogP contribution >= 0.6 is 34.5 Å². The molecule has 0 aliphatic carbocycles. The SMILES string of the molecule is O=C(CCn1nc(-c2cccs2)oc1=O)NNC(=O)c1cc(Cl)ccc1Cl. The van der Waals surface area contributed by atoms with Crippen LogP contribution in [0.3, 0.4) is 0 Å². The van der Waals surface area contributed by atoms with Crippen molar-refractivity contribution >= 4 is 46.4 Å². The molecule has 0 atom stereocenters. The lowest BCUT2D eigenvalue weighted by atomic mass is 10.2. The average Bonchev–Trinajstić information content (AvgIpc) is 3.29. The third kappa shape index (κ3) is 4.76. The minimum atomic E-state index is -0.666. The van der Waals surface area contributed by atoms with Gasteiger partial charge in [0.25, 0.3) is 11.8 Å². The number of halogens is 2. The molecule has 0 saturated carbocycles. The standard InChI is InChI=1S/C16H12Cl2N4O4S/c17-9-3-4-11(18)10(8-9)14(24)20-19-13(23)5-6-22-16(25)26-15(21-22)12-2-1-7-27-12/h1-4,7-8H,5-6H2,(H,19,23)(H,20,24). The van der Waals surface area contributed by atoms with Crippen LogP contribution in [0.2, 0.25) is 10.0 Å². The topological polar surface area (TPSA) is 106 Å². The van der Waals surface area contributed by atoms with E-state index in [1.54, 1.807) is 18.2 Å². The van der Waals surface area contributed by atoms with E-state index in [-0.39, 0.29) is 29.4 Å². The monoisotopic (exact) mass is 426 g/mol. The third-order valence-electron chi connectivity index (χ3n) is 3.38. The van der Waals surface area contributed by atoms with Gasteiger partial charge in [-0.25, -0.2) is 4.79 Å². The Morgan fingerprint density at radius 1 is 1.22 bits per heavy atom. The number of carbonyl (C=O) groups excluding carboxylic acids is 2. The molecule has 3 aromatic rings. The van der Waals surface area contributed by atoms with Gasteiger partial charge in [-0.3, -0.25) is 20.4 Å². The van der Waals surface area contributed by atoms with Crippen molar-refractivity contribution < 1.29 is 14.0 Å². The zero-order valence-electron chi connectivity index (χ0n) is 13.6. The predicted molar refractivity (Wildman–Crippen MR) is 101 cm³/mol. The molecule has 140 valence electrons. The minimum absolute atomic E-state index is 0.00661. The van der Waals surface area contributed by atoms with Gasteiger partial charge in [-0.2, -0.15) is 4.68 Å². The van der Waals surface area contributed by atoms with Gasteiger partial charge in [0.2, 0.25) is 5.91 Å². The molecule has 0 radical (unpaired) electrons. The smallest absolute Gasteiger partial charge is 0.387 e. The van der Waals surface area contributed by atoms with Crippen LogP contribution in [0.4, 0.5) is 0 Å². The molecule has 0 fully saturated rings. The summed E-state index contributed by atoms with van der Waals surface area (Å²) in [5.41, 5.74) is 4.60. The maximum atomic E-state index is 12.0. The van der Waals surface area contributed by atoms with E-state index in [4.69, 9.17) is 27.6 Å². The second-order valence-electron chi connectivity index (χ2n) is 5.25. The highest BCUT2D eigenvalue weighted by atomic mass is 35.5. The molecule has 8 nitrogen and oxygen atoms in total. The molecule has 2 N–H and O–H groups in total. The normalized spacial score (nSPS) is 10.6. The van der Waals surface area contributed by atoms with Gasteiger partial charge in [0, 0.05) is 11.4 Å². The second-order valence-corrected chi connectivity index (χ2v) is 7.04. The van der Waals surface area contributed by atoms with Crippen molar-refractivity contribution in [3.63, 3.8) is 0 Å². The molecule has 0 bridgehead atoms. The maximum absolute atomic E-state index is 12.0. The fourth-order valence-corrected chi connectivity index (χ4v) is 3.10. The molecule has 2 amide bonds. The van der Waals surface area contributed by atoms with Gasteiger partial charge < -0.3 is 4.42 Å². The molecule has 0 spiro atoms. The van der Waals surface area contributed by atoms with E-state index in [0.717, 1.165) is 4.68 Å². The summed E-state index contributed by atoms with van der Waals surface area (Å²) in [6, 6.07) is 7.97. The highest BCUT2D eigenvalue weighted by Gasteiger charge is 2.14. The summed E-state index contributed by atoms with van der Waals surface area (Å²) in [6.07, 6.45) is -0.0973. The van der Waals surface area contributed by atoms with Gasteiger partial charge in [0.05, 0.1) is 22.0 Å². The minimum Gasteiger partial charge on any atom is -0.387 e. The fourth-order valence-electron chi connectivity index (χ4n) is 2.08. The van der Waals surface area contributed by atoms with Gasteiger partial charge in [0.15, 0.2) is 0 Å². The number of nitrogens with zero attached hydrogens (tertiary/aromatic N) is 2. The van der Waals surface area contributed by atoms with E-state index in [0.29, 0.717) is 9.90 Å². The molecular weight excluding hydrogens is 415 g/mol. The number of hydrogen-bond acceptors (Lipinski definition) is 6. The van der Waals surface area contributed by atoms with Gasteiger partial charge in [-0.05, 0) is 29.6 Å². The number of thiophene rings is 1. The van der Waals surface area contributed by atoms with Crippen molar-refractivity contribution in [2.45, 2.75) is 13.0 Å². The first kappa shape index (κ1) is 19.2. The maximum Gasteiger partial charge on any atom is 0.437 e. The number of benzene rings is 1. The van der Waals surface area contributed by atoms with Gasteiger partial charge in [0.1, 0.15) is 0 Å². The van der Waals surface area contributed by atoms with Crippen molar-refractivity contribution in [1.82, 2.24) is 20.6 Å². The Labute approximate surface area is 166 Å².